The van der Waals surface area contributed by atoms with Gasteiger partial charge < -0.3 is 15.0 Å². The summed E-state index contributed by atoms with van der Waals surface area (Å²) in [5, 5.41) is 2.96. The Labute approximate surface area is 149 Å². The first-order valence-electron chi connectivity index (χ1n) is 8.91. The van der Waals surface area contributed by atoms with E-state index in [1.54, 1.807) is 7.11 Å². The maximum atomic E-state index is 12.5. The van der Waals surface area contributed by atoms with Crippen LogP contribution in [-0.2, 0) is 16.1 Å². The van der Waals surface area contributed by atoms with Crippen molar-refractivity contribution < 1.29 is 14.3 Å². The highest BCUT2D eigenvalue weighted by Crippen LogP contribution is 2.39. The van der Waals surface area contributed by atoms with Crippen LogP contribution in [-0.4, -0.2) is 62.0 Å². The van der Waals surface area contributed by atoms with Gasteiger partial charge in [0.2, 0.25) is 11.8 Å². The van der Waals surface area contributed by atoms with Gasteiger partial charge in [-0.25, -0.2) is 0 Å². The zero-order valence-electron chi connectivity index (χ0n) is 15.1. The summed E-state index contributed by atoms with van der Waals surface area (Å²) in [5.74, 6) is 1.01. The van der Waals surface area contributed by atoms with Crippen molar-refractivity contribution in [3.63, 3.8) is 0 Å². The van der Waals surface area contributed by atoms with Gasteiger partial charge in [0, 0.05) is 32.2 Å². The molecule has 1 aromatic rings. The molecule has 1 N–H and O–H groups in total. The lowest BCUT2D eigenvalue weighted by atomic mass is 9.78. The number of hydrogen-bond donors (Lipinski definition) is 1. The second kappa shape index (κ2) is 7.44. The number of piperidine rings is 1. The number of nitrogens with one attached hydrogen (secondary N) is 1. The maximum Gasteiger partial charge on any atom is 0.234 e. The number of rotatable bonds is 5. The van der Waals surface area contributed by atoms with Crippen molar-refractivity contribution in [2.24, 2.45) is 5.41 Å². The predicted octanol–water partition coefficient (Wildman–Crippen LogP) is 1.26. The van der Waals surface area contributed by atoms with Crippen LogP contribution < -0.4 is 10.1 Å². The Bertz CT molecular complexity index is 649. The molecule has 1 spiro atoms. The van der Waals surface area contributed by atoms with Gasteiger partial charge in [0.1, 0.15) is 5.75 Å². The third-order valence-electron chi connectivity index (χ3n) is 5.42. The van der Waals surface area contributed by atoms with Gasteiger partial charge in [0.05, 0.1) is 19.1 Å². The molecule has 25 heavy (non-hydrogen) atoms. The Kier molecular flexibility index (Phi) is 5.27. The number of ether oxygens (including phenoxy) is 1. The minimum atomic E-state index is -0.268. The van der Waals surface area contributed by atoms with E-state index in [0.29, 0.717) is 19.6 Å². The number of benzene rings is 1. The van der Waals surface area contributed by atoms with Crippen LogP contribution in [0.15, 0.2) is 24.3 Å². The number of para-hydroxylation sites is 1. The molecule has 2 amide bonds. The summed E-state index contributed by atoms with van der Waals surface area (Å²) >= 11 is 0. The van der Waals surface area contributed by atoms with Crippen LogP contribution in [0.5, 0.6) is 5.75 Å². The van der Waals surface area contributed by atoms with E-state index in [1.165, 1.54) is 0 Å². The largest absolute Gasteiger partial charge is 0.496 e. The summed E-state index contributed by atoms with van der Waals surface area (Å²) in [5.41, 5.74) is 0.691. The number of methoxy groups -OCH3 is 1. The van der Waals surface area contributed by atoms with Gasteiger partial charge in [-0.05, 0) is 31.9 Å². The number of hydrogen-bond acceptors (Lipinski definition) is 4. The van der Waals surface area contributed by atoms with Crippen molar-refractivity contribution in [3.8, 4) is 5.75 Å². The van der Waals surface area contributed by atoms with Crippen molar-refractivity contribution in [2.45, 2.75) is 25.8 Å². The lowest BCUT2D eigenvalue weighted by Crippen LogP contribution is -2.48. The summed E-state index contributed by atoms with van der Waals surface area (Å²) in [6.07, 6.45) is 2.85. The topological polar surface area (TPSA) is 61.9 Å². The molecular formula is C19H27N3O3. The third-order valence-corrected chi connectivity index (χ3v) is 5.42. The quantitative estimate of drug-likeness (QED) is 0.873. The van der Waals surface area contributed by atoms with Crippen molar-refractivity contribution in [1.29, 1.82) is 0 Å². The molecule has 0 unspecified atom stereocenters. The number of carbonyl (C=O) groups excluding carboxylic acids is 2. The van der Waals surface area contributed by atoms with Crippen molar-refractivity contribution >= 4 is 11.8 Å². The van der Waals surface area contributed by atoms with Crippen molar-refractivity contribution in [3.05, 3.63) is 29.8 Å². The van der Waals surface area contributed by atoms with Gasteiger partial charge >= 0.3 is 0 Å². The summed E-state index contributed by atoms with van der Waals surface area (Å²) in [4.78, 5) is 28.8. The van der Waals surface area contributed by atoms with E-state index in [-0.39, 0.29) is 17.2 Å². The van der Waals surface area contributed by atoms with Gasteiger partial charge in [-0.15, -0.1) is 0 Å². The minimum absolute atomic E-state index is 0.0143. The smallest absolute Gasteiger partial charge is 0.234 e. The molecule has 1 atom stereocenters. The molecule has 3 rings (SSSR count). The van der Waals surface area contributed by atoms with Gasteiger partial charge in [-0.2, -0.15) is 0 Å². The standard InChI is InChI=1S/C19H27N3O3/c1-21-10-5-8-19(18(21)24)9-11-22(14-19)13-17(23)20-12-15-6-3-4-7-16(15)25-2/h3-4,6-7H,5,8-14H2,1-2H3,(H,20,23)/t19-/m0/s1. The van der Waals surface area contributed by atoms with Crippen LogP contribution >= 0.6 is 0 Å². The summed E-state index contributed by atoms with van der Waals surface area (Å²) in [6.45, 7) is 3.14. The highest BCUT2D eigenvalue weighted by Gasteiger charge is 2.47. The molecule has 2 heterocycles. The fourth-order valence-electron chi connectivity index (χ4n) is 4.04. The molecule has 2 fully saturated rings. The Balaban J connectivity index is 1.51. The molecule has 0 aromatic heterocycles. The van der Waals surface area contributed by atoms with Crippen molar-refractivity contribution in [2.75, 3.05) is 40.3 Å². The second-order valence-electron chi connectivity index (χ2n) is 7.16. The molecule has 136 valence electrons. The third kappa shape index (κ3) is 3.79. The monoisotopic (exact) mass is 345 g/mol. The van der Waals surface area contributed by atoms with E-state index in [9.17, 15) is 9.59 Å². The van der Waals surface area contributed by atoms with Crippen LogP contribution in [0.1, 0.15) is 24.8 Å². The lowest BCUT2D eigenvalue weighted by Gasteiger charge is -2.37. The zero-order valence-corrected chi connectivity index (χ0v) is 15.1. The van der Waals surface area contributed by atoms with E-state index in [2.05, 4.69) is 10.2 Å². The molecule has 0 saturated carbocycles. The number of amides is 2. The van der Waals surface area contributed by atoms with Gasteiger partial charge in [0.25, 0.3) is 0 Å². The first kappa shape index (κ1) is 17.7. The first-order valence-corrected chi connectivity index (χ1v) is 8.91. The van der Waals surface area contributed by atoms with Crippen LogP contribution in [0.3, 0.4) is 0 Å². The molecule has 6 heteroatoms. The van der Waals surface area contributed by atoms with E-state index < -0.39 is 0 Å². The zero-order chi connectivity index (χ0) is 17.9. The Morgan fingerprint density at radius 2 is 2.08 bits per heavy atom. The molecule has 2 aliphatic heterocycles. The average molecular weight is 345 g/mol. The van der Waals surface area contributed by atoms with Crippen LogP contribution in [0.2, 0.25) is 0 Å². The maximum absolute atomic E-state index is 12.5. The Hall–Kier alpha value is -2.08. The molecule has 2 aliphatic rings. The summed E-state index contributed by atoms with van der Waals surface area (Å²) in [7, 11) is 3.51. The van der Waals surface area contributed by atoms with E-state index in [0.717, 1.165) is 43.7 Å². The molecule has 0 bridgehead atoms. The van der Waals surface area contributed by atoms with Gasteiger partial charge in [-0.3, -0.25) is 14.5 Å². The Morgan fingerprint density at radius 1 is 1.28 bits per heavy atom. The molecule has 0 radical (unpaired) electrons. The summed E-state index contributed by atoms with van der Waals surface area (Å²) < 4.78 is 5.30. The highest BCUT2D eigenvalue weighted by molar-refractivity contribution is 5.84. The number of likely N-dealkylation sites (tertiary alicyclic amines) is 2. The summed E-state index contributed by atoms with van der Waals surface area (Å²) in [6, 6.07) is 7.67. The van der Waals surface area contributed by atoms with E-state index >= 15 is 0 Å². The fraction of sp³-hybridized carbons (Fsp3) is 0.579. The minimum Gasteiger partial charge on any atom is -0.496 e. The lowest BCUT2D eigenvalue weighted by molar-refractivity contribution is -0.144. The first-order chi connectivity index (χ1) is 12.0. The molecular weight excluding hydrogens is 318 g/mol. The molecule has 1 aromatic carbocycles. The normalized spacial score (nSPS) is 23.9. The molecule has 0 aliphatic carbocycles. The van der Waals surface area contributed by atoms with Crippen LogP contribution in [0.25, 0.3) is 0 Å². The van der Waals surface area contributed by atoms with Crippen LogP contribution in [0.4, 0.5) is 0 Å². The Morgan fingerprint density at radius 3 is 2.88 bits per heavy atom. The average Bonchev–Trinajstić information content (AvgIpc) is 3.01. The van der Waals surface area contributed by atoms with Gasteiger partial charge in [0.15, 0.2) is 0 Å². The second-order valence-corrected chi connectivity index (χ2v) is 7.16. The van der Waals surface area contributed by atoms with E-state index in [1.807, 2.05) is 36.2 Å². The SMILES string of the molecule is COc1ccccc1CNC(=O)CN1CC[C@@]2(CCCN(C)C2=O)C1. The van der Waals surface area contributed by atoms with Crippen molar-refractivity contribution in [1.82, 2.24) is 15.1 Å². The molecule has 6 nitrogen and oxygen atoms in total. The number of carbonyl (C=O) groups is 2. The fourth-order valence-corrected chi connectivity index (χ4v) is 4.04. The van der Waals surface area contributed by atoms with E-state index in [4.69, 9.17) is 4.74 Å². The predicted molar refractivity (Wildman–Crippen MR) is 95.2 cm³/mol. The van der Waals surface area contributed by atoms with Crippen LogP contribution in [0, 0.1) is 5.41 Å². The highest BCUT2D eigenvalue weighted by atomic mass is 16.5. The molecule has 2 saturated heterocycles. The van der Waals surface area contributed by atoms with Gasteiger partial charge in [-0.1, -0.05) is 18.2 Å². The number of nitrogens with zero attached hydrogens (tertiary/aromatic N) is 2.